The molecular weight excluding hydrogens is 284 g/mol. The van der Waals surface area contributed by atoms with Gasteiger partial charge in [0.2, 0.25) is 5.91 Å². The van der Waals surface area contributed by atoms with E-state index in [4.69, 9.17) is 12.2 Å². The highest BCUT2D eigenvalue weighted by Gasteiger charge is 2.13. The van der Waals surface area contributed by atoms with Crippen molar-refractivity contribution in [2.75, 3.05) is 0 Å². The van der Waals surface area contributed by atoms with Gasteiger partial charge in [0.1, 0.15) is 6.54 Å². The number of nitrogens with zero attached hydrogens (tertiary/aromatic N) is 2. The fourth-order valence-electron chi connectivity index (χ4n) is 1.95. The monoisotopic (exact) mass is 304 g/mol. The average Bonchev–Trinajstić information content (AvgIpc) is 2.81. The van der Waals surface area contributed by atoms with Gasteiger partial charge in [-0.25, -0.2) is 0 Å². The molecule has 1 heterocycles. The third-order valence-corrected chi connectivity index (χ3v) is 3.70. The molecule has 0 aliphatic carbocycles. The molecule has 1 aromatic heterocycles. The number of carbonyl (C=O) groups is 1. The van der Waals surface area contributed by atoms with Gasteiger partial charge in [-0.15, -0.1) is 0 Å². The molecule has 2 rings (SSSR count). The van der Waals surface area contributed by atoms with Crippen molar-refractivity contribution in [3.63, 3.8) is 0 Å². The van der Waals surface area contributed by atoms with Gasteiger partial charge in [0.05, 0.1) is 0 Å². The lowest BCUT2D eigenvalue weighted by molar-refractivity contribution is -0.122. The molecule has 5 nitrogen and oxygen atoms in total. The minimum atomic E-state index is -0.0600. The maximum atomic E-state index is 12.0. The van der Waals surface area contributed by atoms with Gasteiger partial charge in [-0.1, -0.05) is 36.8 Å². The van der Waals surface area contributed by atoms with Crippen LogP contribution in [0.2, 0.25) is 0 Å². The summed E-state index contributed by atoms with van der Waals surface area (Å²) in [6.07, 6.45) is 0.896. The number of H-pyrrole nitrogens is 1. The van der Waals surface area contributed by atoms with Crippen LogP contribution >= 0.6 is 12.2 Å². The lowest BCUT2D eigenvalue weighted by atomic mass is 10.1. The molecule has 0 saturated heterocycles. The summed E-state index contributed by atoms with van der Waals surface area (Å²) in [7, 11) is 0. The third-order valence-electron chi connectivity index (χ3n) is 3.39. The number of amides is 1. The van der Waals surface area contributed by atoms with E-state index < -0.39 is 0 Å². The number of aromatic amines is 1. The van der Waals surface area contributed by atoms with Gasteiger partial charge in [0.25, 0.3) is 0 Å². The predicted octanol–water partition coefficient (Wildman–Crippen LogP) is 2.83. The number of benzene rings is 1. The Labute approximate surface area is 129 Å². The number of hydrogen-bond acceptors (Lipinski definition) is 3. The summed E-state index contributed by atoms with van der Waals surface area (Å²) in [5.41, 5.74) is 2.11. The highest BCUT2D eigenvalue weighted by Crippen LogP contribution is 2.17. The summed E-state index contributed by atoms with van der Waals surface area (Å²) < 4.78 is 2.17. The van der Waals surface area contributed by atoms with E-state index in [1.807, 2.05) is 45.0 Å². The fraction of sp³-hybridized carbons (Fsp3) is 0.400. The molecule has 0 saturated carbocycles. The van der Waals surface area contributed by atoms with Gasteiger partial charge in [-0.2, -0.15) is 5.10 Å². The van der Waals surface area contributed by atoms with Crippen LogP contribution in [0.25, 0.3) is 11.4 Å². The number of rotatable bonds is 5. The van der Waals surface area contributed by atoms with Crippen molar-refractivity contribution in [2.45, 2.75) is 39.8 Å². The van der Waals surface area contributed by atoms with Crippen molar-refractivity contribution in [1.82, 2.24) is 20.1 Å². The summed E-state index contributed by atoms with van der Waals surface area (Å²) in [6, 6.07) is 8.13. The molecule has 0 radical (unpaired) electrons. The Morgan fingerprint density at radius 2 is 2.10 bits per heavy atom. The van der Waals surface area contributed by atoms with Gasteiger partial charge in [0, 0.05) is 11.6 Å². The predicted molar refractivity (Wildman–Crippen MR) is 85.5 cm³/mol. The van der Waals surface area contributed by atoms with Crippen molar-refractivity contribution in [3.05, 3.63) is 34.6 Å². The number of aromatic nitrogens is 3. The SMILES string of the molecule is CCC(C)NC(=O)Cn1c(-c2ccc(C)cc2)n[nH]c1=S. The number of nitrogens with one attached hydrogen (secondary N) is 2. The number of aryl methyl sites for hydroxylation is 1. The molecule has 0 fully saturated rings. The van der Waals surface area contributed by atoms with Crippen molar-refractivity contribution in [1.29, 1.82) is 0 Å². The van der Waals surface area contributed by atoms with Crippen LogP contribution in [-0.2, 0) is 11.3 Å². The Bertz CT molecular complexity index is 672. The van der Waals surface area contributed by atoms with E-state index in [-0.39, 0.29) is 18.5 Å². The van der Waals surface area contributed by atoms with Crippen molar-refractivity contribution in [2.24, 2.45) is 0 Å². The standard InChI is InChI=1S/C15H20N4OS/c1-4-11(3)16-13(20)9-19-14(17-18-15(19)21)12-7-5-10(2)6-8-12/h5-8,11H,4,9H2,1-3H3,(H,16,20)(H,18,21). The van der Waals surface area contributed by atoms with Crippen LogP contribution in [-0.4, -0.2) is 26.7 Å². The summed E-state index contributed by atoms with van der Waals surface area (Å²) in [4.78, 5) is 12.0. The smallest absolute Gasteiger partial charge is 0.240 e. The molecule has 1 atom stereocenters. The molecule has 1 aromatic carbocycles. The molecule has 2 N–H and O–H groups in total. The highest BCUT2D eigenvalue weighted by atomic mass is 32.1. The largest absolute Gasteiger partial charge is 0.352 e. The molecule has 0 bridgehead atoms. The Balaban J connectivity index is 2.24. The van der Waals surface area contributed by atoms with Crippen LogP contribution in [0.1, 0.15) is 25.8 Å². The van der Waals surface area contributed by atoms with E-state index in [1.54, 1.807) is 4.57 Å². The molecule has 112 valence electrons. The fourth-order valence-corrected chi connectivity index (χ4v) is 2.15. The van der Waals surface area contributed by atoms with Crippen LogP contribution in [0.15, 0.2) is 24.3 Å². The van der Waals surface area contributed by atoms with E-state index in [0.717, 1.165) is 12.0 Å². The van der Waals surface area contributed by atoms with E-state index in [1.165, 1.54) is 5.56 Å². The topological polar surface area (TPSA) is 62.7 Å². The average molecular weight is 304 g/mol. The first-order chi connectivity index (χ1) is 10.0. The maximum absolute atomic E-state index is 12.0. The second-order valence-electron chi connectivity index (χ2n) is 5.18. The summed E-state index contributed by atoms with van der Waals surface area (Å²) in [5.74, 6) is 0.620. The lowest BCUT2D eigenvalue weighted by Gasteiger charge is -2.12. The van der Waals surface area contributed by atoms with Crippen LogP contribution in [0.5, 0.6) is 0 Å². The minimum absolute atomic E-state index is 0.0600. The molecule has 0 aliphatic heterocycles. The molecule has 6 heteroatoms. The second-order valence-corrected chi connectivity index (χ2v) is 5.57. The van der Waals surface area contributed by atoms with E-state index >= 15 is 0 Å². The first-order valence-corrected chi connectivity index (χ1v) is 7.43. The number of hydrogen-bond donors (Lipinski definition) is 2. The van der Waals surface area contributed by atoms with E-state index in [2.05, 4.69) is 15.5 Å². The minimum Gasteiger partial charge on any atom is -0.352 e. The summed E-state index contributed by atoms with van der Waals surface area (Å²) in [5, 5.41) is 9.93. The maximum Gasteiger partial charge on any atom is 0.240 e. The van der Waals surface area contributed by atoms with Crippen molar-refractivity contribution < 1.29 is 4.79 Å². The van der Waals surface area contributed by atoms with Crippen molar-refractivity contribution >= 4 is 18.1 Å². The Morgan fingerprint density at radius 3 is 2.71 bits per heavy atom. The first-order valence-electron chi connectivity index (χ1n) is 7.03. The van der Waals surface area contributed by atoms with Gasteiger partial charge in [0.15, 0.2) is 10.6 Å². The lowest BCUT2D eigenvalue weighted by Crippen LogP contribution is -2.34. The highest BCUT2D eigenvalue weighted by molar-refractivity contribution is 7.71. The van der Waals surface area contributed by atoms with Crippen molar-refractivity contribution in [3.8, 4) is 11.4 Å². The Morgan fingerprint density at radius 1 is 1.43 bits per heavy atom. The molecule has 0 spiro atoms. The van der Waals surface area contributed by atoms with Gasteiger partial charge in [-0.05, 0) is 32.5 Å². The van der Waals surface area contributed by atoms with Gasteiger partial charge < -0.3 is 5.32 Å². The molecule has 1 amide bonds. The van der Waals surface area contributed by atoms with E-state index in [0.29, 0.717) is 10.6 Å². The molecular formula is C15H20N4OS. The number of carbonyl (C=O) groups excluding carboxylic acids is 1. The van der Waals surface area contributed by atoms with Crippen LogP contribution < -0.4 is 5.32 Å². The first kappa shape index (κ1) is 15.4. The zero-order valence-corrected chi connectivity index (χ0v) is 13.3. The quantitative estimate of drug-likeness (QED) is 0.835. The molecule has 1 unspecified atom stereocenters. The van der Waals surface area contributed by atoms with Crippen LogP contribution in [0.3, 0.4) is 0 Å². The van der Waals surface area contributed by atoms with Gasteiger partial charge in [-0.3, -0.25) is 14.5 Å². The van der Waals surface area contributed by atoms with Crippen LogP contribution in [0.4, 0.5) is 0 Å². The third kappa shape index (κ3) is 3.78. The summed E-state index contributed by atoms with van der Waals surface area (Å²) in [6.45, 7) is 6.21. The molecule has 0 aliphatic rings. The Kier molecular flexibility index (Phi) is 4.90. The van der Waals surface area contributed by atoms with E-state index in [9.17, 15) is 4.79 Å². The van der Waals surface area contributed by atoms with Crippen LogP contribution in [0, 0.1) is 11.7 Å². The van der Waals surface area contributed by atoms with Gasteiger partial charge >= 0.3 is 0 Å². The molecule has 2 aromatic rings. The normalized spacial score (nSPS) is 12.1. The molecule has 21 heavy (non-hydrogen) atoms. The summed E-state index contributed by atoms with van der Waals surface area (Å²) >= 11 is 5.22. The second kappa shape index (κ2) is 6.67. The Hall–Kier alpha value is -1.95. The zero-order chi connectivity index (χ0) is 15.4. The zero-order valence-electron chi connectivity index (χ0n) is 12.5.